The molecule has 4 rings (SSSR count). The third-order valence-electron chi connectivity index (χ3n) is 5.99. The van der Waals surface area contributed by atoms with Crippen molar-refractivity contribution in [2.75, 3.05) is 19.6 Å². The van der Waals surface area contributed by atoms with E-state index in [0.29, 0.717) is 19.6 Å². The molecule has 3 heterocycles. The molecule has 5 nitrogen and oxygen atoms in total. The highest BCUT2D eigenvalue weighted by Gasteiger charge is 2.29. The van der Waals surface area contributed by atoms with Crippen molar-refractivity contribution in [1.82, 2.24) is 14.8 Å². The van der Waals surface area contributed by atoms with Gasteiger partial charge in [0.05, 0.1) is 10.2 Å². The van der Waals surface area contributed by atoms with Gasteiger partial charge >= 0.3 is 0 Å². The van der Waals surface area contributed by atoms with Gasteiger partial charge in [0.15, 0.2) is 0 Å². The monoisotopic (exact) mass is 409 g/mol. The zero-order valence-corrected chi connectivity index (χ0v) is 17.7. The topological polar surface area (TPSA) is 54.3 Å². The molecule has 3 aromatic rings. The zero-order chi connectivity index (χ0) is 20.4. The Morgan fingerprint density at radius 3 is 2.59 bits per heavy atom. The van der Waals surface area contributed by atoms with Crippen LogP contribution in [0.1, 0.15) is 41.7 Å². The Morgan fingerprint density at radius 1 is 1.17 bits per heavy atom. The Balaban J connectivity index is 1.29. The summed E-state index contributed by atoms with van der Waals surface area (Å²) in [5, 5.41) is 5.15. The fourth-order valence-electron chi connectivity index (χ4n) is 4.06. The molecule has 1 aliphatic rings. The first-order valence-corrected chi connectivity index (χ1v) is 11.1. The molecule has 1 aliphatic heterocycles. The minimum atomic E-state index is -0.0149. The van der Waals surface area contributed by atoms with E-state index in [1.807, 2.05) is 52.2 Å². The Hall–Kier alpha value is -2.60. The number of fused-ring (bicyclic) bond motifs is 1. The summed E-state index contributed by atoms with van der Waals surface area (Å²) in [5.74, 6) is 0.443. The molecule has 0 saturated carbocycles. The molecule has 1 N–H and O–H groups in total. The number of carbonyl (C=O) groups is 2. The SMILES string of the molecule is CC(CNC(=O)C1CCN(C(=O)c2cc3sccc3n2C)CC1)c1ccccc1. The second-order valence-corrected chi connectivity index (χ2v) is 8.83. The predicted molar refractivity (Wildman–Crippen MR) is 117 cm³/mol. The molecule has 2 aromatic heterocycles. The number of likely N-dealkylation sites (tertiary alicyclic amines) is 1. The highest BCUT2D eigenvalue weighted by Crippen LogP contribution is 2.26. The molecule has 152 valence electrons. The van der Waals surface area contributed by atoms with E-state index in [-0.39, 0.29) is 23.7 Å². The number of thiophene rings is 1. The molecule has 1 saturated heterocycles. The maximum absolute atomic E-state index is 12.9. The van der Waals surface area contributed by atoms with E-state index < -0.39 is 0 Å². The number of amides is 2. The average Bonchev–Trinajstić information content (AvgIpc) is 3.35. The van der Waals surface area contributed by atoms with E-state index in [1.165, 1.54) is 5.56 Å². The number of benzene rings is 1. The third-order valence-corrected chi connectivity index (χ3v) is 6.84. The smallest absolute Gasteiger partial charge is 0.270 e. The largest absolute Gasteiger partial charge is 0.355 e. The minimum absolute atomic E-state index is 0.0149. The van der Waals surface area contributed by atoms with Crippen molar-refractivity contribution in [2.45, 2.75) is 25.7 Å². The lowest BCUT2D eigenvalue weighted by Crippen LogP contribution is -2.43. The second kappa shape index (κ2) is 8.41. The quantitative estimate of drug-likeness (QED) is 0.692. The summed E-state index contributed by atoms with van der Waals surface area (Å²) >= 11 is 1.65. The fourth-order valence-corrected chi connectivity index (χ4v) is 4.91. The fraction of sp³-hybridized carbons (Fsp3) is 0.391. The van der Waals surface area contributed by atoms with E-state index >= 15 is 0 Å². The van der Waals surface area contributed by atoms with Crippen LogP contribution in [0.5, 0.6) is 0 Å². The number of aromatic nitrogens is 1. The van der Waals surface area contributed by atoms with Crippen LogP contribution in [0.2, 0.25) is 0 Å². The van der Waals surface area contributed by atoms with Crippen molar-refractivity contribution in [3.8, 4) is 0 Å². The van der Waals surface area contributed by atoms with Crippen molar-refractivity contribution in [3.05, 3.63) is 59.1 Å². The Kier molecular flexibility index (Phi) is 5.72. The zero-order valence-electron chi connectivity index (χ0n) is 16.9. The van der Waals surface area contributed by atoms with Crippen LogP contribution in [0, 0.1) is 5.92 Å². The Morgan fingerprint density at radius 2 is 1.90 bits per heavy atom. The van der Waals surface area contributed by atoms with Crippen LogP contribution < -0.4 is 5.32 Å². The first-order chi connectivity index (χ1) is 14.0. The van der Waals surface area contributed by atoms with Crippen LogP contribution in [-0.2, 0) is 11.8 Å². The van der Waals surface area contributed by atoms with Crippen molar-refractivity contribution >= 4 is 33.4 Å². The van der Waals surface area contributed by atoms with Crippen LogP contribution in [0.3, 0.4) is 0 Å². The number of nitrogens with zero attached hydrogens (tertiary/aromatic N) is 2. The van der Waals surface area contributed by atoms with Crippen molar-refractivity contribution in [3.63, 3.8) is 0 Å². The second-order valence-electron chi connectivity index (χ2n) is 7.88. The van der Waals surface area contributed by atoms with Gasteiger partial charge in [-0.25, -0.2) is 0 Å². The van der Waals surface area contributed by atoms with E-state index in [2.05, 4.69) is 24.4 Å². The van der Waals surface area contributed by atoms with Crippen molar-refractivity contribution < 1.29 is 9.59 Å². The van der Waals surface area contributed by atoms with Crippen LogP contribution in [-0.4, -0.2) is 40.9 Å². The van der Waals surface area contributed by atoms with Crippen LogP contribution in [0.15, 0.2) is 47.8 Å². The van der Waals surface area contributed by atoms with Gasteiger partial charge in [0.1, 0.15) is 5.69 Å². The Bertz CT molecular complexity index is 1000. The van der Waals surface area contributed by atoms with Gasteiger partial charge in [-0.3, -0.25) is 9.59 Å². The van der Waals surface area contributed by atoms with Gasteiger partial charge in [-0.1, -0.05) is 37.3 Å². The van der Waals surface area contributed by atoms with Crippen molar-refractivity contribution in [1.29, 1.82) is 0 Å². The summed E-state index contributed by atoms with van der Waals surface area (Å²) in [7, 11) is 1.94. The summed E-state index contributed by atoms with van der Waals surface area (Å²) in [6, 6.07) is 14.3. The molecule has 0 bridgehead atoms. The van der Waals surface area contributed by atoms with E-state index in [0.717, 1.165) is 28.8 Å². The van der Waals surface area contributed by atoms with Crippen molar-refractivity contribution in [2.24, 2.45) is 13.0 Å². The summed E-state index contributed by atoms with van der Waals surface area (Å²) in [6.45, 7) is 4.03. The molecular formula is C23H27N3O2S. The summed E-state index contributed by atoms with van der Waals surface area (Å²) in [5.41, 5.74) is 3.06. The number of hydrogen-bond acceptors (Lipinski definition) is 3. The van der Waals surface area contributed by atoms with Crippen LogP contribution >= 0.6 is 11.3 Å². The lowest BCUT2D eigenvalue weighted by molar-refractivity contribution is -0.126. The van der Waals surface area contributed by atoms with Gasteiger partial charge in [-0.15, -0.1) is 11.3 Å². The van der Waals surface area contributed by atoms with Gasteiger partial charge in [0, 0.05) is 32.6 Å². The maximum Gasteiger partial charge on any atom is 0.270 e. The molecule has 6 heteroatoms. The normalized spacial score (nSPS) is 16.1. The summed E-state index contributed by atoms with van der Waals surface area (Å²) in [6.07, 6.45) is 1.44. The highest BCUT2D eigenvalue weighted by molar-refractivity contribution is 7.17. The molecule has 1 fully saturated rings. The van der Waals surface area contributed by atoms with E-state index in [1.54, 1.807) is 11.3 Å². The molecule has 1 unspecified atom stereocenters. The van der Waals surface area contributed by atoms with Gasteiger partial charge in [-0.2, -0.15) is 0 Å². The predicted octanol–water partition coefficient (Wildman–Crippen LogP) is 4.01. The molecular weight excluding hydrogens is 382 g/mol. The highest BCUT2D eigenvalue weighted by atomic mass is 32.1. The lowest BCUT2D eigenvalue weighted by Gasteiger charge is -2.31. The molecule has 1 atom stereocenters. The molecule has 2 amide bonds. The molecule has 29 heavy (non-hydrogen) atoms. The molecule has 1 aromatic carbocycles. The number of hydrogen-bond donors (Lipinski definition) is 1. The standard InChI is InChI=1S/C23H27N3O2S/c1-16(17-6-4-3-5-7-17)15-24-22(27)18-8-11-26(12-9-18)23(28)20-14-21-19(25(20)2)10-13-29-21/h3-7,10,13-14,16,18H,8-9,11-12,15H2,1-2H3,(H,24,27). The van der Waals surface area contributed by atoms with Gasteiger partial charge in [0.25, 0.3) is 5.91 Å². The number of aryl methyl sites for hydroxylation is 1. The lowest BCUT2D eigenvalue weighted by atomic mass is 9.95. The third kappa shape index (κ3) is 4.08. The van der Waals surface area contributed by atoms with Gasteiger partial charge < -0.3 is 14.8 Å². The van der Waals surface area contributed by atoms with E-state index in [4.69, 9.17) is 0 Å². The minimum Gasteiger partial charge on any atom is -0.355 e. The average molecular weight is 410 g/mol. The Labute approximate surface area is 175 Å². The summed E-state index contributed by atoms with van der Waals surface area (Å²) < 4.78 is 3.11. The van der Waals surface area contributed by atoms with Gasteiger partial charge in [0.2, 0.25) is 5.91 Å². The molecule has 0 radical (unpaired) electrons. The maximum atomic E-state index is 12.9. The van der Waals surface area contributed by atoms with Gasteiger partial charge in [-0.05, 0) is 41.8 Å². The summed E-state index contributed by atoms with van der Waals surface area (Å²) in [4.78, 5) is 27.4. The molecule has 0 aliphatic carbocycles. The van der Waals surface area contributed by atoms with Crippen LogP contribution in [0.25, 0.3) is 10.2 Å². The molecule has 0 spiro atoms. The first-order valence-electron chi connectivity index (χ1n) is 10.2. The first kappa shape index (κ1) is 19.7. The van der Waals surface area contributed by atoms with Crippen LogP contribution in [0.4, 0.5) is 0 Å². The van der Waals surface area contributed by atoms with E-state index in [9.17, 15) is 9.59 Å². The number of nitrogens with one attached hydrogen (secondary N) is 1. The number of rotatable bonds is 5. The number of carbonyl (C=O) groups excluding carboxylic acids is 2. The number of piperidine rings is 1.